The van der Waals surface area contributed by atoms with E-state index in [-0.39, 0.29) is 23.4 Å². The highest BCUT2D eigenvalue weighted by Crippen LogP contribution is 2.40. The van der Waals surface area contributed by atoms with E-state index in [0.29, 0.717) is 12.2 Å². The second kappa shape index (κ2) is 9.26. The molecule has 1 N–H and O–H groups in total. The van der Waals surface area contributed by atoms with Crippen LogP contribution in [-0.2, 0) is 4.79 Å². The van der Waals surface area contributed by atoms with E-state index >= 15 is 0 Å². The zero-order valence-corrected chi connectivity index (χ0v) is 17.5. The number of furan rings is 1. The molecule has 1 atom stereocenters. The molecule has 0 aliphatic carbocycles. The lowest BCUT2D eigenvalue weighted by Crippen LogP contribution is -2.35. The quantitative estimate of drug-likeness (QED) is 0.627. The number of ketones is 1. The largest absolute Gasteiger partial charge is 0.503 e. The third kappa shape index (κ3) is 4.16. The molecule has 0 radical (unpaired) electrons. The van der Waals surface area contributed by atoms with Gasteiger partial charge in [0.05, 0.1) is 11.6 Å². The predicted molar refractivity (Wildman–Crippen MR) is 111 cm³/mol. The van der Waals surface area contributed by atoms with Gasteiger partial charge in [-0.2, -0.15) is 0 Å². The van der Waals surface area contributed by atoms with E-state index in [4.69, 9.17) is 4.42 Å². The summed E-state index contributed by atoms with van der Waals surface area (Å²) in [6.07, 6.45) is 0.632. The number of benzene rings is 1. The second-order valence-electron chi connectivity index (χ2n) is 7.30. The van der Waals surface area contributed by atoms with Crippen LogP contribution in [0.2, 0.25) is 0 Å². The van der Waals surface area contributed by atoms with Crippen LogP contribution in [0.1, 0.15) is 48.2 Å². The van der Waals surface area contributed by atoms with Crippen LogP contribution in [-0.4, -0.2) is 52.8 Å². The van der Waals surface area contributed by atoms with Crippen molar-refractivity contribution in [2.24, 2.45) is 0 Å². The van der Waals surface area contributed by atoms with E-state index < -0.39 is 29.3 Å². The van der Waals surface area contributed by atoms with Crippen molar-refractivity contribution in [2.45, 2.75) is 33.2 Å². The summed E-state index contributed by atoms with van der Waals surface area (Å²) >= 11 is 0. The van der Waals surface area contributed by atoms with Crippen LogP contribution in [0.4, 0.5) is 4.39 Å². The number of aliphatic hydroxyl groups is 1. The molecule has 0 unspecified atom stereocenters. The number of amides is 1. The normalized spacial score (nSPS) is 16.8. The van der Waals surface area contributed by atoms with Crippen molar-refractivity contribution in [2.75, 3.05) is 26.2 Å². The molecular formula is C23H27FN2O4. The fourth-order valence-electron chi connectivity index (χ4n) is 3.83. The van der Waals surface area contributed by atoms with E-state index in [9.17, 15) is 19.1 Å². The number of halogens is 1. The van der Waals surface area contributed by atoms with Crippen molar-refractivity contribution in [1.29, 1.82) is 0 Å². The van der Waals surface area contributed by atoms with Gasteiger partial charge in [-0.05, 0) is 51.2 Å². The van der Waals surface area contributed by atoms with Crippen LogP contribution in [0, 0.1) is 12.7 Å². The first kappa shape index (κ1) is 21.8. The zero-order valence-electron chi connectivity index (χ0n) is 17.5. The van der Waals surface area contributed by atoms with Crippen LogP contribution < -0.4 is 0 Å². The summed E-state index contributed by atoms with van der Waals surface area (Å²) < 4.78 is 20.1. The maximum absolute atomic E-state index is 14.7. The Kier molecular flexibility index (Phi) is 6.72. The number of hydrogen-bond donors (Lipinski definition) is 1. The molecule has 2 heterocycles. The molecule has 0 fully saturated rings. The zero-order chi connectivity index (χ0) is 21.8. The molecule has 1 aliphatic heterocycles. The lowest BCUT2D eigenvalue weighted by Gasteiger charge is -2.28. The van der Waals surface area contributed by atoms with Gasteiger partial charge in [-0.1, -0.05) is 32.0 Å². The number of carbonyl (C=O) groups is 2. The maximum atomic E-state index is 14.7. The number of aliphatic hydroxyl groups excluding tert-OH is 1. The van der Waals surface area contributed by atoms with Crippen LogP contribution in [0.25, 0.3) is 0 Å². The van der Waals surface area contributed by atoms with Crippen LogP contribution in [0.3, 0.4) is 0 Å². The van der Waals surface area contributed by atoms with Gasteiger partial charge in [0.2, 0.25) is 5.78 Å². The number of hydrogen-bond acceptors (Lipinski definition) is 5. The van der Waals surface area contributed by atoms with Gasteiger partial charge >= 0.3 is 0 Å². The highest BCUT2D eigenvalue weighted by Gasteiger charge is 2.45. The van der Waals surface area contributed by atoms with Crippen molar-refractivity contribution in [3.63, 3.8) is 0 Å². The first-order chi connectivity index (χ1) is 14.4. The molecule has 30 heavy (non-hydrogen) atoms. The topological polar surface area (TPSA) is 74.0 Å². The third-order valence-corrected chi connectivity index (χ3v) is 5.48. The lowest BCUT2D eigenvalue weighted by molar-refractivity contribution is -0.129. The Morgan fingerprint density at radius 2 is 1.90 bits per heavy atom. The Morgan fingerprint density at radius 3 is 2.50 bits per heavy atom. The summed E-state index contributed by atoms with van der Waals surface area (Å²) in [5.74, 6) is -1.94. The monoisotopic (exact) mass is 414 g/mol. The first-order valence-electron chi connectivity index (χ1n) is 10.2. The number of Topliss-reactive ketones (excluding diaryl/α,β-unsaturated/α-hetero) is 1. The van der Waals surface area contributed by atoms with E-state index in [1.807, 2.05) is 0 Å². The Hall–Kier alpha value is -2.93. The Morgan fingerprint density at radius 1 is 1.20 bits per heavy atom. The van der Waals surface area contributed by atoms with Gasteiger partial charge in [-0.25, -0.2) is 4.39 Å². The van der Waals surface area contributed by atoms with Crippen molar-refractivity contribution in [1.82, 2.24) is 9.80 Å². The molecule has 1 amide bonds. The van der Waals surface area contributed by atoms with Crippen molar-refractivity contribution < 1.29 is 23.5 Å². The Labute approximate surface area is 175 Å². The molecule has 160 valence electrons. The van der Waals surface area contributed by atoms with Gasteiger partial charge in [0.1, 0.15) is 11.6 Å². The summed E-state index contributed by atoms with van der Waals surface area (Å²) in [7, 11) is 0. The van der Waals surface area contributed by atoms with E-state index in [1.54, 1.807) is 25.1 Å². The van der Waals surface area contributed by atoms with Crippen molar-refractivity contribution in [3.05, 3.63) is 70.6 Å². The molecule has 0 bridgehead atoms. The van der Waals surface area contributed by atoms with Gasteiger partial charge in [-0.15, -0.1) is 0 Å². The Bertz CT molecular complexity index is 962. The average molecular weight is 414 g/mol. The van der Waals surface area contributed by atoms with Crippen molar-refractivity contribution >= 4 is 11.7 Å². The number of rotatable bonds is 9. The summed E-state index contributed by atoms with van der Waals surface area (Å²) in [5.41, 5.74) is 0.0201. The maximum Gasteiger partial charge on any atom is 0.290 e. The van der Waals surface area contributed by atoms with Gasteiger partial charge < -0.3 is 19.3 Å². The third-order valence-electron chi connectivity index (χ3n) is 5.48. The smallest absolute Gasteiger partial charge is 0.290 e. The minimum absolute atomic E-state index is 0.00757. The van der Waals surface area contributed by atoms with Crippen molar-refractivity contribution in [3.8, 4) is 0 Å². The predicted octanol–water partition coefficient (Wildman–Crippen LogP) is 4.04. The molecule has 2 aromatic rings. The van der Waals surface area contributed by atoms with Crippen LogP contribution in [0.15, 0.2) is 52.1 Å². The molecule has 7 heteroatoms. The summed E-state index contributed by atoms with van der Waals surface area (Å²) in [6, 6.07) is 8.11. The highest BCUT2D eigenvalue weighted by molar-refractivity contribution is 6.15. The van der Waals surface area contributed by atoms with E-state index in [0.717, 1.165) is 19.6 Å². The van der Waals surface area contributed by atoms with E-state index in [1.165, 1.54) is 23.1 Å². The van der Waals surface area contributed by atoms with Gasteiger partial charge in [-0.3, -0.25) is 9.59 Å². The molecule has 1 aliphatic rings. The first-order valence-corrected chi connectivity index (χ1v) is 10.2. The minimum atomic E-state index is -1.01. The van der Waals surface area contributed by atoms with Crippen LogP contribution >= 0.6 is 0 Å². The SMILES string of the molecule is CCN(CC)CCCN1C(=O)C(O)=C(C(=O)c2ccc(C)o2)[C@@H]1c1ccccc1F. The number of carbonyl (C=O) groups excluding carboxylic acids is 2. The van der Waals surface area contributed by atoms with Crippen LogP contribution in [0.5, 0.6) is 0 Å². The lowest BCUT2D eigenvalue weighted by atomic mass is 9.94. The summed E-state index contributed by atoms with van der Waals surface area (Å²) in [4.78, 5) is 29.6. The fraction of sp³-hybridized carbons (Fsp3) is 0.391. The molecule has 0 spiro atoms. The molecular weight excluding hydrogens is 387 g/mol. The number of nitrogens with zero attached hydrogens (tertiary/aromatic N) is 2. The molecule has 6 nitrogen and oxygen atoms in total. The summed E-state index contributed by atoms with van der Waals surface area (Å²) in [5, 5.41) is 10.6. The van der Waals surface area contributed by atoms with Gasteiger partial charge in [0.25, 0.3) is 5.91 Å². The molecule has 1 aromatic heterocycles. The molecule has 0 saturated heterocycles. The van der Waals surface area contributed by atoms with Gasteiger partial charge in [0.15, 0.2) is 11.5 Å². The standard InChI is InChI=1S/C23H27FN2O4/c1-4-25(5-2)13-8-14-26-20(16-9-6-7-10-17(16)24)19(22(28)23(26)29)21(27)18-12-11-15(3)30-18/h6-7,9-12,20,28H,4-5,8,13-14H2,1-3H3/t20-/m0/s1. The molecule has 1 aromatic carbocycles. The second-order valence-corrected chi connectivity index (χ2v) is 7.30. The molecule has 0 saturated carbocycles. The average Bonchev–Trinajstić information content (AvgIpc) is 3.28. The molecule has 3 rings (SSSR count). The fourth-order valence-corrected chi connectivity index (χ4v) is 3.83. The highest BCUT2D eigenvalue weighted by atomic mass is 19.1. The number of aryl methyl sites for hydroxylation is 1. The summed E-state index contributed by atoms with van der Waals surface area (Å²) in [6.45, 7) is 8.61. The van der Waals surface area contributed by atoms with Gasteiger partial charge in [0, 0.05) is 12.1 Å². The van der Waals surface area contributed by atoms with E-state index in [2.05, 4.69) is 18.7 Å². The minimum Gasteiger partial charge on any atom is -0.503 e. The Balaban J connectivity index is 1.97.